The highest BCUT2D eigenvalue weighted by atomic mass is 35.5. The Morgan fingerprint density at radius 2 is 2.14 bits per heavy atom. The molecule has 0 N–H and O–H groups in total. The van der Waals surface area contributed by atoms with Gasteiger partial charge in [-0.25, -0.2) is 13.4 Å². The average molecular weight is 324 g/mol. The molecule has 21 heavy (non-hydrogen) atoms. The van der Waals surface area contributed by atoms with Crippen LogP contribution in [0.25, 0.3) is 0 Å². The van der Waals surface area contributed by atoms with Gasteiger partial charge in [0, 0.05) is 18.9 Å². The summed E-state index contributed by atoms with van der Waals surface area (Å²) in [5, 5.41) is 8.58. The predicted molar refractivity (Wildman–Crippen MR) is 76.7 cm³/mol. The predicted octanol–water partition coefficient (Wildman–Crippen LogP) is 1.24. The second kappa shape index (κ2) is 6.08. The van der Waals surface area contributed by atoms with E-state index in [-0.39, 0.29) is 27.9 Å². The molecule has 0 radical (unpaired) electrons. The number of rotatable bonds is 4. The van der Waals surface area contributed by atoms with Crippen LogP contribution in [0.3, 0.4) is 0 Å². The van der Waals surface area contributed by atoms with Gasteiger partial charge in [-0.05, 0) is 18.2 Å². The van der Waals surface area contributed by atoms with E-state index in [0.717, 1.165) is 0 Å². The summed E-state index contributed by atoms with van der Waals surface area (Å²) in [5.41, 5.74) is -0.277. The Morgan fingerprint density at radius 1 is 1.38 bits per heavy atom. The molecule has 1 aromatic heterocycles. The van der Waals surface area contributed by atoms with Crippen molar-refractivity contribution in [1.82, 2.24) is 9.55 Å². The van der Waals surface area contributed by atoms with Crippen molar-refractivity contribution in [2.45, 2.75) is 11.4 Å². The van der Waals surface area contributed by atoms with Gasteiger partial charge < -0.3 is 4.57 Å². The minimum absolute atomic E-state index is 0.0415. The number of aromatic nitrogens is 2. The van der Waals surface area contributed by atoms with Crippen molar-refractivity contribution in [3.8, 4) is 6.07 Å². The van der Waals surface area contributed by atoms with Crippen molar-refractivity contribution < 1.29 is 8.42 Å². The molecule has 0 aliphatic carbocycles. The number of benzene rings is 1. The lowest BCUT2D eigenvalue weighted by molar-refractivity contribution is 0.586. The Hall–Kier alpha value is -2.17. The second-order valence-corrected chi connectivity index (χ2v) is 6.64. The fourth-order valence-electron chi connectivity index (χ4n) is 1.69. The molecule has 108 valence electrons. The molecule has 0 bridgehead atoms. The number of aryl methyl sites for hydroxylation is 1. The fraction of sp³-hybridized carbons (Fsp3) is 0.154. The summed E-state index contributed by atoms with van der Waals surface area (Å²) in [6.07, 6.45) is 2.70. The highest BCUT2D eigenvalue weighted by Gasteiger charge is 2.15. The Labute approximate surface area is 126 Å². The molecule has 1 aromatic carbocycles. The van der Waals surface area contributed by atoms with Crippen LogP contribution in [0.5, 0.6) is 0 Å². The third-order valence-corrected chi connectivity index (χ3v) is 4.75. The van der Waals surface area contributed by atoms with Crippen LogP contribution in [0, 0.1) is 11.3 Å². The number of hydrogen-bond acceptors (Lipinski definition) is 5. The van der Waals surface area contributed by atoms with E-state index in [9.17, 15) is 13.2 Å². The zero-order valence-electron chi connectivity index (χ0n) is 10.7. The van der Waals surface area contributed by atoms with E-state index in [0.29, 0.717) is 0 Å². The second-order valence-electron chi connectivity index (χ2n) is 4.18. The number of sulfone groups is 1. The van der Waals surface area contributed by atoms with Gasteiger partial charge in [0.15, 0.2) is 15.0 Å². The maximum absolute atomic E-state index is 12.2. The molecule has 2 rings (SSSR count). The van der Waals surface area contributed by atoms with Crippen molar-refractivity contribution in [3.63, 3.8) is 0 Å². The molecule has 0 aliphatic heterocycles. The molecular formula is C13H10ClN3O3S. The molecule has 2 aromatic rings. The van der Waals surface area contributed by atoms with Crippen molar-refractivity contribution >= 4 is 21.4 Å². The summed E-state index contributed by atoms with van der Waals surface area (Å²) >= 11 is 5.59. The molecular weight excluding hydrogens is 314 g/mol. The largest absolute Gasteiger partial charge is 0.310 e. The van der Waals surface area contributed by atoms with Gasteiger partial charge in [-0.1, -0.05) is 17.7 Å². The quantitative estimate of drug-likeness (QED) is 0.844. The third kappa shape index (κ3) is 3.48. The van der Waals surface area contributed by atoms with Crippen molar-refractivity contribution in [2.75, 3.05) is 5.75 Å². The van der Waals surface area contributed by atoms with Crippen LogP contribution >= 0.6 is 11.6 Å². The van der Waals surface area contributed by atoms with Gasteiger partial charge in [-0.3, -0.25) is 4.79 Å². The van der Waals surface area contributed by atoms with Crippen LogP contribution in [0.15, 0.2) is 46.3 Å². The Kier molecular flexibility index (Phi) is 4.40. The molecule has 0 unspecified atom stereocenters. The maximum Gasteiger partial charge on any atom is 0.288 e. The summed E-state index contributed by atoms with van der Waals surface area (Å²) in [6.45, 7) is -0.0415. The van der Waals surface area contributed by atoms with Crippen molar-refractivity contribution in [1.29, 1.82) is 5.26 Å². The van der Waals surface area contributed by atoms with E-state index in [1.165, 1.54) is 41.2 Å². The summed E-state index contributed by atoms with van der Waals surface area (Å²) in [5.74, 6) is -0.276. The Bertz CT molecular complexity index is 869. The topological polar surface area (TPSA) is 92.8 Å². The van der Waals surface area contributed by atoms with E-state index in [1.54, 1.807) is 0 Å². The lowest BCUT2D eigenvalue weighted by Gasteiger charge is -2.07. The van der Waals surface area contributed by atoms with Gasteiger partial charge in [-0.2, -0.15) is 5.26 Å². The van der Waals surface area contributed by atoms with Crippen LogP contribution in [-0.4, -0.2) is 23.7 Å². The summed E-state index contributed by atoms with van der Waals surface area (Å²) in [4.78, 5) is 15.3. The zero-order valence-corrected chi connectivity index (χ0v) is 12.3. The van der Waals surface area contributed by atoms with Crippen LogP contribution in [0.4, 0.5) is 0 Å². The first-order valence-corrected chi connectivity index (χ1v) is 7.91. The van der Waals surface area contributed by atoms with E-state index < -0.39 is 15.4 Å². The fourth-order valence-corrected chi connectivity index (χ4v) is 3.12. The molecule has 0 amide bonds. The Balaban J connectivity index is 2.24. The molecule has 0 fully saturated rings. The number of nitrogens with zero attached hydrogens (tertiary/aromatic N) is 3. The normalized spacial score (nSPS) is 11.0. The molecule has 1 heterocycles. The van der Waals surface area contributed by atoms with Gasteiger partial charge in [0.1, 0.15) is 0 Å². The van der Waals surface area contributed by atoms with Crippen molar-refractivity contribution in [2.24, 2.45) is 0 Å². The van der Waals surface area contributed by atoms with E-state index >= 15 is 0 Å². The van der Waals surface area contributed by atoms with E-state index in [2.05, 4.69) is 4.98 Å². The summed E-state index contributed by atoms with van der Waals surface area (Å²) in [6, 6.07) is 7.62. The highest BCUT2D eigenvalue weighted by molar-refractivity contribution is 7.91. The van der Waals surface area contributed by atoms with Gasteiger partial charge in [0.05, 0.1) is 22.3 Å². The average Bonchev–Trinajstić information content (AvgIpc) is 2.49. The lowest BCUT2D eigenvalue weighted by Crippen LogP contribution is -2.24. The first-order valence-electron chi connectivity index (χ1n) is 5.88. The molecule has 0 aliphatic rings. The Morgan fingerprint density at radius 3 is 2.86 bits per heavy atom. The first-order chi connectivity index (χ1) is 9.94. The molecule has 6 nitrogen and oxygen atoms in total. The van der Waals surface area contributed by atoms with Gasteiger partial charge in [-0.15, -0.1) is 0 Å². The molecule has 0 saturated carbocycles. The number of halogens is 1. The molecule has 0 spiro atoms. The SMILES string of the molecule is N#Cc1cccc(S(=O)(=O)CCn2ccnc(Cl)c2=O)c1. The van der Waals surface area contributed by atoms with Gasteiger partial charge >= 0.3 is 0 Å². The summed E-state index contributed by atoms with van der Waals surface area (Å²) in [7, 11) is -3.60. The van der Waals surface area contributed by atoms with Crippen LogP contribution in [-0.2, 0) is 16.4 Å². The monoisotopic (exact) mass is 323 g/mol. The third-order valence-electron chi connectivity index (χ3n) is 2.80. The van der Waals surface area contributed by atoms with Gasteiger partial charge in [0.25, 0.3) is 5.56 Å². The standard InChI is InChI=1S/C13H10ClN3O3S/c14-12-13(18)17(5-4-16-12)6-7-21(19,20)11-3-1-2-10(8-11)9-15/h1-5,8H,6-7H2. The van der Waals surface area contributed by atoms with E-state index in [1.807, 2.05) is 6.07 Å². The van der Waals surface area contributed by atoms with Gasteiger partial charge in [0.2, 0.25) is 0 Å². The first kappa shape index (κ1) is 15.2. The lowest BCUT2D eigenvalue weighted by atomic mass is 10.2. The minimum Gasteiger partial charge on any atom is -0.310 e. The van der Waals surface area contributed by atoms with Crippen LogP contribution in [0.1, 0.15) is 5.56 Å². The number of nitriles is 1. The van der Waals surface area contributed by atoms with Crippen LogP contribution < -0.4 is 5.56 Å². The van der Waals surface area contributed by atoms with Crippen LogP contribution in [0.2, 0.25) is 5.15 Å². The minimum atomic E-state index is -3.60. The highest BCUT2D eigenvalue weighted by Crippen LogP contribution is 2.13. The smallest absolute Gasteiger partial charge is 0.288 e. The van der Waals surface area contributed by atoms with E-state index in [4.69, 9.17) is 16.9 Å². The summed E-state index contributed by atoms with van der Waals surface area (Å²) < 4.78 is 25.6. The molecule has 0 atom stereocenters. The maximum atomic E-state index is 12.2. The van der Waals surface area contributed by atoms with Crippen molar-refractivity contribution in [3.05, 3.63) is 57.7 Å². The molecule has 0 saturated heterocycles. The number of hydrogen-bond donors (Lipinski definition) is 0. The molecule has 8 heteroatoms. The zero-order chi connectivity index (χ0) is 15.5.